The average Bonchev–Trinajstić information content (AvgIpc) is 2.45. The normalized spacial score (nSPS) is 10.6. The van der Waals surface area contributed by atoms with Crippen molar-refractivity contribution in [1.29, 1.82) is 0 Å². The molecular weight excluding hydrogens is 280 g/mol. The van der Waals surface area contributed by atoms with E-state index in [1.807, 2.05) is 6.07 Å². The van der Waals surface area contributed by atoms with Crippen molar-refractivity contribution >= 4 is 28.3 Å². The van der Waals surface area contributed by atoms with Gasteiger partial charge in [-0.3, -0.25) is 0 Å². The van der Waals surface area contributed by atoms with E-state index >= 15 is 0 Å². The molecule has 3 N–H and O–H groups in total. The summed E-state index contributed by atoms with van der Waals surface area (Å²) < 4.78 is 10.6. The molecule has 2 aromatic rings. The first-order valence-electron chi connectivity index (χ1n) is 6.22. The maximum absolute atomic E-state index is 5.95. The van der Waals surface area contributed by atoms with Crippen molar-refractivity contribution in [3.8, 4) is 11.5 Å². The van der Waals surface area contributed by atoms with E-state index in [0.29, 0.717) is 35.9 Å². The number of nitrogens with one attached hydrogen (secondary N) is 1. The van der Waals surface area contributed by atoms with Crippen molar-refractivity contribution in [1.82, 2.24) is 9.97 Å². The van der Waals surface area contributed by atoms with Crippen molar-refractivity contribution in [3.63, 3.8) is 0 Å². The Kier molecular flexibility index (Phi) is 4.81. The molecule has 0 radical (unpaired) electrons. The highest BCUT2D eigenvalue weighted by atomic mass is 35.5. The van der Waals surface area contributed by atoms with Crippen LogP contribution in [0.4, 0.5) is 5.82 Å². The zero-order valence-electron chi connectivity index (χ0n) is 11.4. The summed E-state index contributed by atoms with van der Waals surface area (Å²) in [4.78, 5) is 8.41. The molecule has 1 aromatic carbocycles. The van der Waals surface area contributed by atoms with Crippen LogP contribution in [0.5, 0.6) is 11.5 Å². The Morgan fingerprint density at radius 3 is 2.55 bits per heavy atom. The summed E-state index contributed by atoms with van der Waals surface area (Å²) in [5, 5.41) is 4.21. The van der Waals surface area contributed by atoms with Crippen LogP contribution >= 0.6 is 11.6 Å². The fourth-order valence-corrected chi connectivity index (χ4v) is 2.05. The molecular formula is C13H17ClN4O2. The molecule has 0 unspecified atom stereocenters. The third-order valence-electron chi connectivity index (χ3n) is 2.85. The Hall–Kier alpha value is -1.79. The number of nitrogens with two attached hydrogens (primary N) is 1. The third-order valence-corrected chi connectivity index (χ3v) is 3.02. The van der Waals surface area contributed by atoms with Crippen LogP contribution in [0.15, 0.2) is 12.1 Å². The van der Waals surface area contributed by atoms with Gasteiger partial charge in [-0.1, -0.05) is 0 Å². The van der Waals surface area contributed by atoms with E-state index in [2.05, 4.69) is 15.3 Å². The molecule has 108 valence electrons. The van der Waals surface area contributed by atoms with Gasteiger partial charge in [0.2, 0.25) is 5.28 Å². The first-order valence-corrected chi connectivity index (χ1v) is 6.60. The van der Waals surface area contributed by atoms with Crippen LogP contribution in [0.1, 0.15) is 6.42 Å². The second-order valence-electron chi connectivity index (χ2n) is 4.13. The quantitative estimate of drug-likeness (QED) is 0.627. The van der Waals surface area contributed by atoms with Gasteiger partial charge in [-0.15, -0.1) is 0 Å². The molecule has 20 heavy (non-hydrogen) atoms. The van der Waals surface area contributed by atoms with Crippen LogP contribution in [-0.2, 0) is 0 Å². The molecule has 1 aromatic heterocycles. The molecule has 1 heterocycles. The highest BCUT2D eigenvalue weighted by molar-refractivity contribution is 6.28. The number of ether oxygens (including phenoxy) is 2. The van der Waals surface area contributed by atoms with Gasteiger partial charge >= 0.3 is 0 Å². The van der Waals surface area contributed by atoms with Gasteiger partial charge in [-0.2, -0.15) is 0 Å². The van der Waals surface area contributed by atoms with Gasteiger partial charge in [-0.05, 0) is 30.6 Å². The van der Waals surface area contributed by atoms with Gasteiger partial charge in [0, 0.05) is 18.0 Å². The standard InChI is InChI=1S/C13H17ClN4O2/c1-19-10-6-8-9(7-11(10)20-2)17-13(14)18-12(8)16-5-3-4-15/h6-7H,3-5,15H2,1-2H3,(H,16,17,18). The number of anilines is 1. The second kappa shape index (κ2) is 6.58. The summed E-state index contributed by atoms with van der Waals surface area (Å²) in [7, 11) is 3.16. The molecule has 0 bridgehead atoms. The van der Waals surface area contributed by atoms with Crippen molar-refractivity contribution in [3.05, 3.63) is 17.4 Å². The van der Waals surface area contributed by atoms with E-state index in [4.69, 9.17) is 26.8 Å². The summed E-state index contributed by atoms with van der Waals surface area (Å²) in [6.45, 7) is 1.33. The number of fused-ring (bicyclic) bond motifs is 1. The summed E-state index contributed by atoms with van der Waals surface area (Å²) in [6, 6.07) is 3.60. The zero-order valence-corrected chi connectivity index (χ0v) is 12.2. The average molecular weight is 297 g/mol. The number of hydrogen-bond acceptors (Lipinski definition) is 6. The van der Waals surface area contributed by atoms with E-state index < -0.39 is 0 Å². The minimum atomic E-state index is 0.181. The molecule has 0 saturated carbocycles. The van der Waals surface area contributed by atoms with E-state index in [0.717, 1.165) is 11.8 Å². The van der Waals surface area contributed by atoms with Crippen LogP contribution in [0.25, 0.3) is 10.9 Å². The highest BCUT2D eigenvalue weighted by Gasteiger charge is 2.12. The predicted molar refractivity (Wildman–Crippen MR) is 79.8 cm³/mol. The lowest BCUT2D eigenvalue weighted by atomic mass is 10.2. The molecule has 0 fully saturated rings. The molecule has 0 spiro atoms. The topological polar surface area (TPSA) is 82.3 Å². The van der Waals surface area contributed by atoms with Crippen molar-refractivity contribution in [2.45, 2.75) is 6.42 Å². The Balaban J connectivity index is 2.50. The summed E-state index contributed by atoms with van der Waals surface area (Å²) in [5.41, 5.74) is 6.18. The smallest absolute Gasteiger partial charge is 0.224 e. The Morgan fingerprint density at radius 1 is 1.20 bits per heavy atom. The minimum Gasteiger partial charge on any atom is -0.493 e. The molecule has 6 nitrogen and oxygen atoms in total. The lowest BCUT2D eigenvalue weighted by Crippen LogP contribution is -2.10. The van der Waals surface area contributed by atoms with E-state index in [-0.39, 0.29) is 5.28 Å². The number of rotatable bonds is 6. The number of aromatic nitrogens is 2. The van der Waals surface area contributed by atoms with Crippen molar-refractivity contribution in [2.24, 2.45) is 5.73 Å². The first kappa shape index (κ1) is 14.6. The Morgan fingerprint density at radius 2 is 1.90 bits per heavy atom. The number of halogens is 1. The van der Waals surface area contributed by atoms with Crippen molar-refractivity contribution < 1.29 is 9.47 Å². The van der Waals surface area contributed by atoms with Crippen LogP contribution in [0.3, 0.4) is 0 Å². The third kappa shape index (κ3) is 3.02. The van der Waals surface area contributed by atoms with Crippen LogP contribution in [0.2, 0.25) is 5.28 Å². The lowest BCUT2D eigenvalue weighted by molar-refractivity contribution is 0.356. The summed E-state index contributed by atoms with van der Waals surface area (Å²) >= 11 is 5.95. The summed E-state index contributed by atoms with van der Waals surface area (Å²) in [5.74, 6) is 1.88. The maximum Gasteiger partial charge on any atom is 0.224 e. The molecule has 0 aliphatic rings. The van der Waals surface area contributed by atoms with E-state index in [1.54, 1.807) is 20.3 Å². The Bertz CT molecular complexity index is 606. The SMILES string of the molecule is COc1cc2nc(Cl)nc(NCCCN)c2cc1OC. The molecule has 2 rings (SSSR count). The van der Waals surface area contributed by atoms with Gasteiger partial charge in [0.15, 0.2) is 11.5 Å². The second-order valence-corrected chi connectivity index (χ2v) is 4.47. The van der Waals surface area contributed by atoms with Crippen LogP contribution in [0, 0.1) is 0 Å². The lowest BCUT2D eigenvalue weighted by Gasteiger charge is -2.12. The zero-order chi connectivity index (χ0) is 14.5. The first-order chi connectivity index (χ1) is 9.69. The molecule has 0 atom stereocenters. The number of nitrogens with zero attached hydrogens (tertiary/aromatic N) is 2. The summed E-state index contributed by atoms with van der Waals surface area (Å²) in [6.07, 6.45) is 0.844. The van der Waals surface area contributed by atoms with E-state index in [9.17, 15) is 0 Å². The van der Waals surface area contributed by atoms with Gasteiger partial charge in [-0.25, -0.2) is 9.97 Å². The molecule has 0 saturated heterocycles. The van der Waals surface area contributed by atoms with Gasteiger partial charge < -0.3 is 20.5 Å². The van der Waals surface area contributed by atoms with Gasteiger partial charge in [0.25, 0.3) is 0 Å². The maximum atomic E-state index is 5.95. The minimum absolute atomic E-state index is 0.181. The van der Waals surface area contributed by atoms with Crippen LogP contribution < -0.4 is 20.5 Å². The number of hydrogen-bond donors (Lipinski definition) is 2. The monoisotopic (exact) mass is 296 g/mol. The number of benzene rings is 1. The molecule has 0 amide bonds. The fraction of sp³-hybridized carbons (Fsp3) is 0.385. The van der Waals surface area contributed by atoms with E-state index in [1.165, 1.54) is 0 Å². The fourth-order valence-electron chi connectivity index (χ4n) is 1.87. The van der Waals surface area contributed by atoms with Gasteiger partial charge in [0.05, 0.1) is 19.7 Å². The van der Waals surface area contributed by atoms with Gasteiger partial charge in [0.1, 0.15) is 5.82 Å². The molecule has 7 heteroatoms. The number of methoxy groups -OCH3 is 2. The van der Waals surface area contributed by atoms with Crippen molar-refractivity contribution in [2.75, 3.05) is 32.6 Å². The van der Waals surface area contributed by atoms with Crippen LogP contribution in [-0.4, -0.2) is 37.3 Å². The Labute approximate surface area is 122 Å². The molecule has 0 aliphatic heterocycles. The largest absolute Gasteiger partial charge is 0.493 e. The highest BCUT2D eigenvalue weighted by Crippen LogP contribution is 2.34. The predicted octanol–water partition coefficient (Wildman–Crippen LogP) is 2.06. The molecule has 0 aliphatic carbocycles.